The second kappa shape index (κ2) is 8.30. The van der Waals surface area contributed by atoms with Crippen molar-refractivity contribution in [3.05, 3.63) is 34.6 Å². The third-order valence-electron chi connectivity index (χ3n) is 3.52. The number of carbonyl (C=O) groups is 1. The zero-order valence-corrected chi connectivity index (χ0v) is 15.1. The minimum atomic E-state index is -0.459. The molecule has 1 aromatic heterocycles. The van der Waals surface area contributed by atoms with Crippen LogP contribution in [-0.2, 0) is 14.3 Å². The average Bonchev–Trinajstić information content (AvgIpc) is 2.55. The molecule has 0 aliphatic carbocycles. The Balaban J connectivity index is 2.51. The van der Waals surface area contributed by atoms with Gasteiger partial charge in [0.05, 0.1) is 30.2 Å². The molecule has 0 radical (unpaired) electrons. The first-order valence-electron chi connectivity index (χ1n) is 7.83. The minimum absolute atomic E-state index is 0.135. The van der Waals surface area contributed by atoms with E-state index in [4.69, 9.17) is 9.47 Å². The van der Waals surface area contributed by atoms with E-state index in [2.05, 4.69) is 4.98 Å². The van der Waals surface area contributed by atoms with Gasteiger partial charge in [-0.25, -0.2) is 4.98 Å². The van der Waals surface area contributed by atoms with Crippen LogP contribution in [-0.4, -0.2) is 41.1 Å². The molecule has 0 unspecified atom stereocenters. The third-order valence-corrected chi connectivity index (χ3v) is 4.57. The molecule has 6 nitrogen and oxygen atoms in total. The molecule has 2 aromatic rings. The van der Waals surface area contributed by atoms with Crippen molar-refractivity contribution in [2.24, 2.45) is 0 Å². The molecule has 0 saturated carbocycles. The number of benzene rings is 1. The zero-order valence-electron chi connectivity index (χ0n) is 14.3. The highest BCUT2D eigenvalue weighted by Crippen LogP contribution is 2.25. The Morgan fingerprint density at radius 1 is 1.33 bits per heavy atom. The molecule has 1 heterocycles. The smallest absolute Gasteiger partial charge is 0.319 e. The monoisotopic (exact) mass is 350 g/mol. The average molecular weight is 350 g/mol. The Morgan fingerprint density at radius 3 is 2.71 bits per heavy atom. The summed E-state index contributed by atoms with van der Waals surface area (Å²) in [7, 11) is 1.59. The molecule has 24 heavy (non-hydrogen) atoms. The van der Waals surface area contributed by atoms with Crippen LogP contribution < -0.4 is 5.56 Å². The predicted octanol–water partition coefficient (Wildman–Crippen LogP) is 2.65. The van der Waals surface area contributed by atoms with Crippen molar-refractivity contribution in [2.75, 3.05) is 20.3 Å². The van der Waals surface area contributed by atoms with Gasteiger partial charge in [-0.2, -0.15) is 0 Å². The lowest BCUT2D eigenvalue weighted by atomic mass is 10.2. The first-order chi connectivity index (χ1) is 11.5. The van der Waals surface area contributed by atoms with Crippen molar-refractivity contribution in [1.82, 2.24) is 9.55 Å². The Morgan fingerprint density at radius 2 is 2.04 bits per heavy atom. The van der Waals surface area contributed by atoms with Crippen LogP contribution in [0.25, 0.3) is 10.9 Å². The van der Waals surface area contributed by atoms with Crippen LogP contribution in [0.15, 0.2) is 34.2 Å². The third kappa shape index (κ3) is 3.96. The second-order valence-electron chi connectivity index (χ2n) is 5.40. The standard InChI is InChI=1S/C17H22N2O4S/c1-5-23-16(21)12(3)24-17-18-14-9-7-6-8-13(14)15(20)19(17)11(2)10-22-4/h6-9,11-12H,5,10H2,1-4H3/t11-,12+/m0/s1. The molecule has 1 aromatic carbocycles. The molecule has 0 aliphatic heterocycles. The Bertz CT molecular complexity index is 775. The van der Waals surface area contributed by atoms with Crippen LogP contribution in [0, 0.1) is 0 Å². The highest BCUT2D eigenvalue weighted by Gasteiger charge is 2.22. The maximum Gasteiger partial charge on any atom is 0.319 e. The van der Waals surface area contributed by atoms with Gasteiger partial charge < -0.3 is 9.47 Å². The fraction of sp³-hybridized carbons (Fsp3) is 0.471. The number of para-hydroxylation sites is 1. The van der Waals surface area contributed by atoms with Gasteiger partial charge in [0.15, 0.2) is 5.16 Å². The molecule has 0 bridgehead atoms. The lowest BCUT2D eigenvalue weighted by molar-refractivity contribution is -0.142. The number of ether oxygens (including phenoxy) is 2. The zero-order chi connectivity index (χ0) is 17.7. The van der Waals surface area contributed by atoms with E-state index in [0.29, 0.717) is 29.3 Å². The molecular formula is C17H22N2O4S. The van der Waals surface area contributed by atoms with Gasteiger partial charge in [0.1, 0.15) is 5.25 Å². The summed E-state index contributed by atoms with van der Waals surface area (Å²) < 4.78 is 11.8. The predicted molar refractivity (Wildman–Crippen MR) is 94.5 cm³/mol. The number of methoxy groups -OCH3 is 1. The first kappa shape index (κ1) is 18.5. The number of nitrogens with zero attached hydrogens (tertiary/aromatic N) is 2. The first-order valence-corrected chi connectivity index (χ1v) is 8.71. The van der Waals surface area contributed by atoms with Gasteiger partial charge in [-0.15, -0.1) is 0 Å². The van der Waals surface area contributed by atoms with Crippen LogP contribution in [0.5, 0.6) is 0 Å². The van der Waals surface area contributed by atoms with Crippen molar-refractivity contribution in [1.29, 1.82) is 0 Å². The summed E-state index contributed by atoms with van der Waals surface area (Å²) in [6.07, 6.45) is 0. The summed E-state index contributed by atoms with van der Waals surface area (Å²) in [5.74, 6) is -0.323. The van der Waals surface area contributed by atoms with Crippen molar-refractivity contribution < 1.29 is 14.3 Å². The van der Waals surface area contributed by atoms with Gasteiger partial charge in [0.25, 0.3) is 5.56 Å². The molecule has 0 fully saturated rings. The molecule has 0 aliphatic rings. The van der Waals surface area contributed by atoms with E-state index < -0.39 is 5.25 Å². The lowest BCUT2D eigenvalue weighted by Crippen LogP contribution is -2.29. The summed E-state index contributed by atoms with van der Waals surface area (Å²) in [4.78, 5) is 29.4. The van der Waals surface area contributed by atoms with Crippen molar-refractivity contribution >= 4 is 28.6 Å². The number of fused-ring (bicyclic) bond motifs is 1. The number of hydrogen-bond acceptors (Lipinski definition) is 6. The van der Waals surface area contributed by atoms with E-state index in [1.165, 1.54) is 11.8 Å². The number of rotatable bonds is 7. The summed E-state index contributed by atoms with van der Waals surface area (Å²) >= 11 is 1.22. The molecule has 0 N–H and O–H groups in total. The van der Waals surface area contributed by atoms with E-state index in [9.17, 15) is 9.59 Å². The van der Waals surface area contributed by atoms with Crippen molar-refractivity contribution in [2.45, 2.75) is 37.2 Å². The van der Waals surface area contributed by atoms with Gasteiger partial charge in [-0.1, -0.05) is 23.9 Å². The largest absolute Gasteiger partial charge is 0.465 e. The van der Waals surface area contributed by atoms with E-state index in [-0.39, 0.29) is 17.6 Å². The topological polar surface area (TPSA) is 70.4 Å². The van der Waals surface area contributed by atoms with E-state index in [1.807, 2.05) is 19.1 Å². The molecule has 2 rings (SSSR count). The quantitative estimate of drug-likeness (QED) is 0.434. The Kier molecular flexibility index (Phi) is 6.39. The van der Waals surface area contributed by atoms with E-state index in [1.54, 1.807) is 37.7 Å². The maximum atomic E-state index is 12.9. The highest BCUT2D eigenvalue weighted by molar-refractivity contribution is 8.00. The lowest BCUT2D eigenvalue weighted by Gasteiger charge is -2.20. The summed E-state index contributed by atoms with van der Waals surface area (Å²) in [5, 5.41) is 0.580. The molecule has 7 heteroatoms. The number of carbonyl (C=O) groups excluding carboxylic acids is 1. The number of thioether (sulfide) groups is 1. The van der Waals surface area contributed by atoms with Crippen molar-refractivity contribution in [3.8, 4) is 0 Å². The summed E-state index contributed by atoms with van der Waals surface area (Å²) in [5.41, 5.74) is 0.477. The number of esters is 1. The van der Waals surface area contributed by atoms with Gasteiger partial charge in [-0.3, -0.25) is 14.2 Å². The second-order valence-corrected chi connectivity index (χ2v) is 6.71. The van der Waals surface area contributed by atoms with Gasteiger partial charge in [0.2, 0.25) is 0 Å². The van der Waals surface area contributed by atoms with Crippen LogP contribution in [0.4, 0.5) is 0 Å². The molecule has 130 valence electrons. The van der Waals surface area contributed by atoms with Crippen LogP contribution in [0.3, 0.4) is 0 Å². The maximum absolute atomic E-state index is 12.9. The SMILES string of the molecule is CCOC(=O)[C@@H](C)Sc1nc2ccccc2c(=O)n1[C@@H](C)COC. The van der Waals surface area contributed by atoms with Crippen LogP contribution in [0.1, 0.15) is 26.8 Å². The van der Waals surface area contributed by atoms with Gasteiger partial charge in [0, 0.05) is 7.11 Å². The van der Waals surface area contributed by atoms with Crippen molar-refractivity contribution in [3.63, 3.8) is 0 Å². The highest BCUT2D eigenvalue weighted by atomic mass is 32.2. The fourth-order valence-electron chi connectivity index (χ4n) is 2.38. The molecular weight excluding hydrogens is 328 g/mol. The van der Waals surface area contributed by atoms with E-state index in [0.717, 1.165) is 0 Å². The molecule has 0 spiro atoms. The van der Waals surface area contributed by atoms with Gasteiger partial charge in [-0.05, 0) is 32.9 Å². The van der Waals surface area contributed by atoms with E-state index >= 15 is 0 Å². The Hall–Kier alpha value is -1.86. The summed E-state index contributed by atoms with van der Waals surface area (Å²) in [6, 6.07) is 6.99. The van der Waals surface area contributed by atoms with Crippen LogP contribution >= 0.6 is 11.8 Å². The van der Waals surface area contributed by atoms with Crippen LogP contribution in [0.2, 0.25) is 0 Å². The summed E-state index contributed by atoms with van der Waals surface area (Å²) in [6.45, 7) is 6.10. The van der Waals surface area contributed by atoms with Gasteiger partial charge >= 0.3 is 5.97 Å². The number of aromatic nitrogens is 2. The normalized spacial score (nSPS) is 13.7. The molecule has 0 amide bonds. The fourth-order valence-corrected chi connectivity index (χ4v) is 3.39. The number of hydrogen-bond donors (Lipinski definition) is 0. The molecule has 0 saturated heterocycles. The molecule has 2 atom stereocenters. The Labute approximate surface area is 145 Å². The minimum Gasteiger partial charge on any atom is -0.465 e.